The highest BCUT2D eigenvalue weighted by Crippen LogP contribution is 2.43. The predicted molar refractivity (Wildman–Crippen MR) is 323 cm³/mol. The fraction of sp³-hybridized carbons (Fsp3) is 0.785. The molecule has 0 saturated carbocycles. The van der Waals surface area contributed by atoms with Gasteiger partial charge in [0.05, 0.1) is 33.8 Å². The molecule has 0 heterocycles. The van der Waals surface area contributed by atoms with Crippen LogP contribution in [0.4, 0.5) is 0 Å². The zero-order chi connectivity index (χ0) is 55.0. The van der Waals surface area contributed by atoms with E-state index in [9.17, 15) is 19.0 Å². The number of phosphoric acid groups is 1. The molecular formula is C65H120N2O7P+. The minimum atomic E-state index is -4.47. The summed E-state index contributed by atoms with van der Waals surface area (Å²) < 4.78 is 30.7. The fourth-order valence-corrected chi connectivity index (χ4v) is 9.49. The van der Waals surface area contributed by atoms with Crippen LogP contribution in [0, 0.1) is 0 Å². The molecule has 0 rings (SSSR count). The second kappa shape index (κ2) is 54.8. The molecule has 0 aliphatic rings. The Hall–Kier alpha value is -2.55. The molecule has 0 aliphatic carbocycles. The number of nitrogens with zero attached hydrogens (tertiary/aromatic N) is 1. The Morgan fingerprint density at radius 2 is 0.827 bits per heavy atom. The number of quaternary nitrogens is 1. The lowest BCUT2D eigenvalue weighted by molar-refractivity contribution is -0.870. The monoisotopic (exact) mass is 1070 g/mol. The van der Waals surface area contributed by atoms with Crippen LogP contribution >= 0.6 is 7.82 Å². The first-order chi connectivity index (χ1) is 36.4. The van der Waals surface area contributed by atoms with E-state index in [2.05, 4.69) is 86.8 Å². The van der Waals surface area contributed by atoms with E-state index < -0.39 is 20.0 Å². The van der Waals surface area contributed by atoms with Crippen molar-refractivity contribution in [3.05, 3.63) is 72.9 Å². The molecule has 2 N–H and O–H groups in total. The molecule has 0 aromatic heterocycles. The molecule has 0 aromatic rings. The number of allylic oxidation sites excluding steroid dienone is 11. The summed E-state index contributed by atoms with van der Waals surface area (Å²) in [6.45, 7) is 6.95. The molecule has 3 atom stereocenters. The van der Waals surface area contributed by atoms with Gasteiger partial charge in [0.15, 0.2) is 0 Å². The topological polar surface area (TPSA) is 111 Å². The number of carbonyl (C=O) groups excluding carboxylic acids is 2. The normalized spacial score (nSPS) is 14.2. The highest BCUT2D eigenvalue weighted by molar-refractivity contribution is 7.47. The number of phosphoric ester groups is 1. The summed E-state index contributed by atoms with van der Waals surface area (Å²) in [7, 11) is 1.46. The van der Waals surface area contributed by atoms with Crippen molar-refractivity contribution in [1.29, 1.82) is 0 Å². The molecule has 9 nitrogen and oxygen atoms in total. The molecule has 1 amide bonds. The van der Waals surface area contributed by atoms with Gasteiger partial charge in [0.1, 0.15) is 19.3 Å². The number of hydrogen-bond donors (Lipinski definition) is 2. The Morgan fingerprint density at radius 3 is 1.28 bits per heavy atom. The van der Waals surface area contributed by atoms with E-state index in [1.807, 2.05) is 33.3 Å². The first kappa shape index (κ1) is 72.5. The lowest BCUT2D eigenvalue weighted by atomic mass is 10.0. The minimum Gasteiger partial charge on any atom is -0.456 e. The van der Waals surface area contributed by atoms with Crippen molar-refractivity contribution in [3.63, 3.8) is 0 Å². The van der Waals surface area contributed by atoms with Crippen LogP contribution in [-0.4, -0.2) is 74.3 Å². The molecule has 0 bridgehead atoms. The standard InChI is InChI=1S/C65H119N2O7P/c1-7-10-13-16-19-22-25-28-30-32-33-35-37-40-43-46-49-52-55-58-65(69)74-63(56-53-50-47-44-41-38-27-24-21-18-15-12-9-3)62(61-73-75(70,71)72-60-59-67(4,5)6)66-64(68)57-54-51-48-45-42-39-36-34-31-29-26-23-20-17-14-11-8-2/h20,23,28-31,36,39,45,48,53,56,62-63H,7-19,21-22,24-27,32-35,37-38,40-44,46-47,49-52,54-55,57-61H2,1-6H3,(H-,66,68,70,71)/p+1/b23-20-,30-28+,31-29-,39-36-,48-45-,56-53+. The maximum Gasteiger partial charge on any atom is 0.472 e. The predicted octanol–water partition coefficient (Wildman–Crippen LogP) is 19.2. The van der Waals surface area contributed by atoms with Gasteiger partial charge in [0.2, 0.25) is 5.91 Å². The zero-order valence-corrected chi connectivity index (χ0v) is 50.7. The Bertz CT molecular complexity index is 1510. The highest BCUT2D eigenvalue weighted by Gasteiger charge is 2.30. The van der Waals surface area contributed by atoms with E-state index in [0.29, 0.717) is 17.4 Å². The van der Waals surface area contributed by atoms with Gasteiger partial charge in [-0.15, -0.1) is 0 Å². The van der Waals surface area contributed by atoms with Crippen molar-refractivity contribution in [2.75, 3.05) is 40.9 Å². The summed E-state index contributed by atoms with van der Waals surface area (Å²) in [5, 5.41) is 3.02. The molecule has 0 fully saturated rings. The van der Waals surface area contributed by atoms with Crippen molar-refractivity contribution in [1.82, 2.24) is 5.32 Å². The second-order valence-corrected chi connectivity index (χ2v) is 23.7. The molecule has 10 heteroatoms. The average molecular weight is 1070 g/mol. The lowest BCUT2D eigenvalue weighted by Crippen LogP contribution is -2.47. The van der Waals surface area contributed by atoms with Crippen LogP contribution in [0.25, 0.3) is 0 Å². The van der Waals surface area contributed by atoms with Gasteiger partial charge in [0, 0.05) is 12.8 Å². The Labute approximate surface area is 463 Å². The molecule has 0 radical (unpaired) electrons. The minimum absolute atomic E-state index is 0.0281. The van der Waals surface area contributed by atoms with Crippen LogP contribution in [0.15, 0.2) is 72.9 Å². The number of amides is 1. The zero-order valence-electron chi connectivity index (χ0n) is 49.8. The van der Waals surface area contributed by atoms with Crippen LogP contribution in [-0.2, 0) is 27.9 Å². The SMILES string of the molecule is CCCCC/C=C\C/C=C\C/C=C\C/C=C\CCCC(=O)NC(COP(=O)(O)OCC[N+](C)(C)C)C(/C=C/CCCCCCCCCCCCC)OC(=O)CCCCCCCCCCC/C=C/CCCCCCCC. The van der Waals surface area contributed by atoms with Crippen LogP contribution in [0.2, 0.25) is 0 Å². The number of likely N-dealkylation sites (N-methyl/N-ethyl adjacent to an activating group) is 1. The number of ether oxygens (including phenoxy) is 1. The summed E-state index contributed by atoms with van der Waals surface area (Å²) in [4.78, 5) is 37.7. The third kappa shape index (κ3) is 56.0. The Balaban J connectivity index is 5.37. The van der Waals surface area contributed by atoms with E-state index in [4.69, 9.17) is 13.8 Å². The van der Waals surface area contributed by atoms with Crippen LogP contribution < -0.4 is 5.32 Å². The second-order valence-electron chi connectivity index (χ2n) is 22.2. The van der Waals surface area contributed by atoms with Crippen molar-refractivity contribution in [3.8, 4) is 0 Å². The van der Waals surface area contributed by atoms with E-state index in [1.165, 1.54) is 173 Å². The van der Waals surface area contributed by atoms with Crippen molar-refractivity contribution < 1.29 is 37.3 Å². The van der Waals surface area contributed by atoms with E-state index in [0.717, 1.165) is 64.2 Å². The van der Waals surface area contributed by atoms with Crippen molar-refractivity contribution >= 4 is 19.7 Å². The summed E-state index contributed by atoms with van der Waals surface area (Å²) in [6.07, 6.45) is 70.5. The van der Waals surface area contributed by atoms with Gasteiger partial charge in [-0.05, 0) is 96.0 Å². The molecule has 3 unspecified atom stereocenters. The molecule has 436 valence electrons. The first-order valence-electron chi connectivity index (χ1n) is 31.3. The van der Waals surface area contributed by atoms with E-state index >= 15 is 0 Å². The average Bonchev–Trinajstić information content (AvgIpc) is 3.37. The van der Waals surface area contributed by atoms with Gasteiger partial charge in [-0.3, -0.25) is 18.6 Å². The van der Waals surface area contributed by atoms with Gasteiger partial charge in [0.25, 0.3) is 0 Å². The number of rotatable bonds is 56. The third-order valence-electron chi connectivity index (χ3n) is 13.6. The number of hydrogen-bond acceptors (Lipinski definition) is 6. The molecule has 0 aromatic carbocycles. The smallest absolute Gasteiger partial charge is 0.456 e. The number of carbonyl (C=O) groups is 2. The lowest BCUT2D eigenvalue weighted by Gasteiger charge is -2.27. The van der Waals surface area contributed by atoms with Crippen molar-refractivity contribution in [2.45, 2.75) is 290 Å². The number of esters is 1. The van der Waals surface area contributed by atoms with Gasteiger partial charge in [-0.25, -0.2) is 4.57 Å². The van der Waals surface area contributed by atoms with E-state index in [-0.39, 0.29) is 37.9 Å². The molecule has 0 aliphatic heterocycles. The van der Waals surface area contributed by atoms with Gasteiger partial charge >= 0.3 is 13.8 Å². The van der Waals surface area contributed by atoms with E-state index in [1.54, 1.807) is 0 Å². The summed E-state index contributed by atoms with van der Waals surface area (Å²) in [5.74, 6) is -0.569. The third-order valence-corrected chi connectivity index (χ3v) is 14.6. The quantitative estimate of drug-likeness (QED) is 0.0205. The summed E-state index contributed by atoms with van der Waals surface area (Å²) in [5.41, 5.74) is 0. The van der Waals surface area contributed by atoms with Gasteiger partial charge < -0.3 is 19.4 Å². The summed E-state index contributed by atoms with van der Waals surface area (Å²) in [6, 6.07) is -0.879. The first-order valence-corrected chi connectivity index (χ1v) is 32.8. The number of nitrogens with one attached hydrogen (secondary N) is 1. The highest BCUT2D eigenvalue weighted by atomic mass is 31.2. The van der Waals surface area contributed by atoms with Gasteiger partial charge in [-0.1, -0.05) is 242 Å². The maximum absolute atomic E-state index is 13.5. The van der Waals surface area contributed by atoms with Crippen molar-refractivity contribution in [2.24, 2.45) is 0 Å². The van der Waals surface area contributed by atoms with Crippen LogP contribution in [0.3, 0.4) is 0 Å². The molecular weight excluding hydrogens is 952 g/mol. The summed E-state index contributed by atoms with van der Waals surface area (Å²) >= 11 is 0. The number of unbranched alkanes of at least 4 members (excludes halogenated alkanes) is 30. The molecule has 0 saturated heterocycles. The molecule has 0 spiro atoms. The Kier molecular flexibility index (Phi) is 52.9. The molecule has 75 heavy (non-hydrogen) atoms. The van der Waals surface area contributed by atoms with Crippen LogP contribution in [0.5, 0.6) is 0 Å². The van der Waals surface area contributed by atoms with Gasteiger partial charge in [-0.2, -0.15) is 0 Å². The Morgan fingerprint density at radius 1 is 0.467 bits per heavy atom. The fourth-order valence-electron chi connectivity index (χ4n) is 8.75. The maximum atomic E-state index is 13.5. The van der Waals surface area contributed by atoms with Crippen LogP contribution in [0.1, 0.15) is 278 Å². The largest absolute Gasteiger partial charge is 0.472 e.